The van der Waals surface area contributed by atoms with E-state index in [0.29, 0.717) is 18.5 Å². The summed E-state index contributed by atoms with van der Waals surface area (Å²) >= 11 is 0. The highest BCUT2D eigenvalue weighted by Crippen LogP contribution is 2.11. The van der Waals surface area contributed by atoms with Gasteiger partial charge in [-0.2, -0.15) is 0 Å². The van der Waals surface area contributed by atoms with Gasteiger partial charge in [-0.1, -0.05) is 0 Å². The molecule has 6 heteroatoms. The van der Waals surface area contributed by atoms with Crippen molar-refractivity contribution in [1.82, 2.24) is 10.2 Å². The number of carbonyl (C=O) groups excluding carboxylic acids is 2. The molecule has 1 heterocycles. The van der Waals surface area contributed by atoms with Crippen LogP contribution in [-0.4, -0.2) is 36.3 Å². The van der Waals surface area contributed by atoms with Gasteiger partial charge in [-0.05, 0) is 31.0 Å². The number of hydrogen-bond donors (Lipinski definition) is 2. The summed E-state index contributed by atoms with van der Waals surface area (Å²) in [7, 11) is 0. The van der Waals surface area contributed by atoms with E-state index in [0.717, 1.165) is 25.9 Å². The van der Waals surface area contributed by atoms with Crippen molar-refractivity contribution in [3.63, 3.8) is 0 Å². The van der Waals surface area contributed by atoms with E-state index in [-0.39, 0.29) is 18.0 Å². The Labute approximate surface area is 123 Å². The smallest absolute Gasteiger partial charge is 0.248 e. The van der Waals surface area contributed by atoms with Crippen LogP contribution in [0.4, 0.5) is 4.39 Å². The Balaban J connectivity index is 1.79. The average molecular weight is 293 g/mol. The van der Waals surface area contributed by atoms with Crippen molar-refractivity contribution >= 4 is 11.8 Å². The van der Waals surface area contributed by atoms with E-state index in [9.17, 15) is 14.0 Å². The Morgan fingerprint density at radius 3 is 2.67 bits per heavy atom. The fraction of sp³-hybridized carbons (Fsp3) is 0.467. The third-order valence-electron chi connectivity index (χ3n) is 3.62. The number of nitrogens with one attached hydrogen (secondary N) is 1. The number of rotatable bonds is 6. The van der Waals surface area contributed by atoms with Gasteiger partial charge in [0.05, 0.1) is 0 Å². The molecule has 3 N–H and O–H groups in total. The van der Waals surface area contributed by atoms with Gasteiger partial charge in [0.2, 0.25) is 11.8 Å². The number of hydrogen-bond acceptors (Lipinski definition) is 3. The van der Waals surface area contributed by atoms with Crippen LogP contribution < -0.4 is 11.1 Å². The van der Waals surface area contributed by atoms with Gasteiger partial charge in [-0.3, -0.25) is 9.59 Å². The molecule has 2 amide bonds. The summed E-state index contributed by atoms with van der Waals surface area (Å²) in [6, 6.07) is 4.03. The van der Waals surface area contributed by atoms with E-state index in [1.54, 1.807) is 0 Å². The summed E-state index contributed by atoms with van der Waals surface area (Å²) in [5.74, 6) is -0.842. The lowest BCUT2D eigenvalue weighted by Gasteiger charge is -2.15. The third kappa shape index (κ3) is 4.26. The van der Waals surface area contributed by atoms with Crippen molar-refractivity contribution in [2.75, 3.05) is 19.6 Å². The normalized spacial score (nSPS) is 14.4. The van der Waals surface area contributed by atoms with Crippen LogP contribution >= 0.6 is 0 Å². The lowest BCUT2D eigenvalue weighted by Crippen LogP contribution is -2.30. The molecule has 1 aliphatic rings. The van der Waals surface area contributed by atoms with E-state index in [1.807, 2.05) is 4.90 Å². The Hall–Kier alpha value is -1.95. The van der Waals surface area contributed by atoms with Gasteiger partial charge in [0.15, 0.2) is 0 Å². The van der Waals surface area contributed by atoms with Gasteiger partial charge in [0.25, 0.3) is 0 Å². The zero-order valence-corrected chi connectivity index (χ0v) is 11.9. The second kappa shape index (κ2) is 7.17. The highest BCUT2D eigenvalue weighted by Gasteiger charge is 2.17. The number of benzene rings is 1. The molecule has 0 radical (unpaired) electrons. The number of likely N-dealkylation sites (tertiary alicyclic amines) is 1. The fourth-order valence-corrected chi connectivity index (χ4v) is 2.41. The molecule has 114 valence electrons. The van der Waals surface area contributed by atoms with Crippen molar-refractivity contribution in [3.8, 4) is 0 Å². The maximum Gasteiger partial charge on any atom is 0.248 e. The zero-order chi connectivity index (χ0) is 15.2. The molecule has 0 spiro atoms. The van der Waals surface area contributed by atoms with Crippen LogP contribution in [0.2, 0.25) is 0 Å². The van der Waals surface area contributed by atoms with Gasteiger partial charge in [0.1, 0.15) is 5.82 Å². The summed E-state index contributed by atoms with van der Waals surface area (Å²) in [5.41, 5.74) is 5.82. The Morgan fingerprint density at radius 1 is 1.29 bits per heavy atom. The molecule has 2 rings (SSSR count). The number of carbonyl (C=O) groups is 2. The molecular weight excluding hydrogens is 273 g/mol. The van der Waals surface area contributed by atoms with E-state index in [1.165, 1.54) is 18.2 Å². The molecule has 1 fully saturated rings. The topological polar surface area (TPSA) is 75.4 Å². The van der Waals surface area contributed by atoms with Gasteiger partial charge in [0, 0.05) is 43.7 Å². The maximum absolute atomic E-state index is 13.6. The summed E-state index contributed by atoms with van der Waals surface area (Å²) in [6.45, 7) is 2.43. The van der Waals surface area contributed by atoms with E-state index < -0.39 is 11.7 Å². The largest absolute Gasteiger partial charge is 0.366 e. The average Bonchev–Trinajstić information content (AvgIpc) is 2.99. The molecular formula is C15H20FN3O2. The van der Waals surface area contributed by atoms with E-state index in [4.69, 9.17) is 5.73 Å². The quantitative estimate of drug-likeness (QED) is 0.769. The van der Waals surface area contributed by atoms with Gasteiger partial charge in [-0.25, -0.2) is 4.39 Å². The standard InChI is InChI=1S/C15H20FN3O2/c16-13-4-3-11(15(17)21)9-12(13)10-18-6-5-14(20)19-7-1-2-8-19/h3-4,9,18H,1-2,5-8,10H2,(H2,17,21). The predicted molar refractivity (Wildman–Crippen MR) is 77.1 cm³/mol. The molecule has 0 aromatic heterocycles. The predicted octanol–water partition coefficient (Wildman–Crippen LogP) is 1.03. The van der Waals surface area contributed by atoms with Crippen LogP contribution in [0.1, 0.15) is 35.2 Å². The van der Waals surface area contributed by atoms with Gasteiger partial charge in [-0.15, -0.1) is 0 Å². The van der Waals surface area contributed by atoms with Crippen LogP contribution in [0.5, 0.6) is 0 Å². The first-order chi connectivity index (χ1) is 10.1. The second-order valence-electron chi connectivity index (χ2n) is 5.19. The highest BCUT2D eigenvalue weighted by molar-refractivity contribution is 5.92. The summed E-state index contributed by atoms with van der Waals surface area (Å²) in [5, 5.41) is 3.02. The van der Waals surface area contributed by atoms with Crippen molar-refractivity contribution in [1.29, 1.82) is 0 Å². The third-order valence-corrected chi connectivity index (χ3v) is 3.62. The van der Waals surface area contributed by atoms with Crippen molar-refractivity contribution in [2.45, 2.75) is 25.8 Å². The molecule has 0 bridgehead atoms. The molecule has 0 saturated carbocycles. The van der Waals surface area contributed by atoms with E-state index in [2.05, 4.69) is 5.32 Å². The Bertz CT molecular complexity index is 528. The molecule has 0 aliphatic carbocycles. The summed E-state index contributed by atoms with van der Waals surface area (Å²) in [4.78, 5) is 24.7. The minimum absolute atomic E-state index is 0.131. The number of primary amides is 1. The molecule has 0 atom stereocenters. The molecule has 0 unspecified atom stereocenters. The van der Waals surface area contributed by atoms with Crippen molar-refractivity contribution in [3.05, 3.63) is 35.1 Å². The minimum Gasteiger partial charge on any atom is -0.366 e. The van der Waals surface area contributed by atoms with Crippen LogP contribution in [0.25, 0.3) is 0 Å². The molecule has 21 heavy (non-hydrogen) atoms. The number of nitrogens with zero attached hydrogens (tertiary/aromatic N) is 1. The van der Waals surface area contributed by atoms with Crippen LogP contribution in [0.15, 0.2) is 18.2 Å². The minimum atomic E-state index is -0.583. The summed E-state index contributed by atoms with van der Waals surface area (Å²) in [6.07, 6.45) is 2.55. The Kier molecular flexibility index (Phi) is 5.27. The van der Waals surface area contributed by atoms with E-state index >= 15 is 0 Å². The number of nitrogens with two attached hydrogens (primary N) is 1. The molecule has 1 aromatic rings. The van der Waals surface area contributed by atoms with Gasteiger partial charge >= 0.3 is 0 Å². The first-order valence-electron chi connectivity index (χ1n) is 7.14. The van der Waals surface area contributed by atoms with Crippen LogP contribution in [-0.2, 0) is 11.3 Å². The molecule has 5 nitrogen and oxygen atoms in total. The molecule has 1 aliphatic heterocycles. The maximum atomic E-state index is 13.6. The van der Waals surface area contributed by atoms with Crippen LogP contribution in [0.3, 0.4) is 0 Å². The number of halogens is 1. The monoisotopic (exact) mass is 293 g/mol. The number of amides is 2. The van der Waals surface area contributed by atoms with Crippen molar-refractivity contribution in [2.24, 2.45) is 5.73 Å². The summed E-state index contributed by atoms with van der Waals surface area (Å²) < 4.78 is 13.6. The lowest BCUT2D eigenvalue weighted by molar-refractivity contribution is -0.130. The zero-order valence-electron chi connectivity index (χ0n) is 11.9. The first kappa shape index (κ1) is 15.4. The highest BCUT2D eigenvalue weighted by atomic mass is 19.1. The van der Waals surface area contributed by atoms with Crippen LogP contribution in [0, 0.1) is 5.82 Å². The first-order valence-corrected chi connectivity index (χ1v) is 7.14. The molecule has 1 aromatic carbocycles. The van der Waals surface area contributed by atoms with Gasteiger partial charge < -0.3 is 16.0 Å². The fourth-order valence-electron chi connectivity index (χ4n) is 2.41. The second-order valence-corrected chi connectivity index (χ2v) is 5.19. The van der Waals surface area contributed by atoms with Crippen molar-refractivity contribution < 1.29 is 14.0 Å². The molecule has 1 saturated heterocycles. The SMILES string of the molecule is NC(=O)c1ccc(F)c(CNCCC(=O)N2CCCC2)c1. The lowest BCUT2D eigenvalue weighted by atomic mass is 10.1. The Morgan fingerprint density at radius 2 is 2.00 bits per heavy atom.